The fraction of sp³-hybridized carbons (Fsp3) is 0.538. The number of aryl methyl sites for hydroxylation is 2. The van der Waals surface area contributed by atoms with Gasteiger partial charge in [0.1, 0.15) is 5.82 Å². The van der Waals surface area contributed by atoms with Crippen LogP contribution in [0.2, 0.25) is 0 Å². The minimum atomic E-state index is 0.658. The predicted molar refractivity (Wildman–Crippen MR) is 68.3 cm³/mol. The van der Waals surface area contributed by atoms with Crippen molar-refractivity contribution in [2.75, 3.05) is 0 Å². The monoisotopic (exact) mass is 245 g/mol. The van der Waals surface area contributed by atoms with Crippen LogP contribution in [-0.2, 0) is 12.8 Å². The topological polar surface area (TPSA) is 41.6 Å². The molecular formula is C13H15N3S. The Balaban J connectivity index is 1.69. The maximum absolute atomic E-state index is 4.63. The third-order valence-electron chi connectivity index (χ3n) is 3.68. The average molecular weight is 245 g/mol. The molecular weight excluding hydrogens is 230 g/mol. The maximum Gasteiger partial charge on any atom is 0.191 e. The minimum Gasteiger partial charge on any atom is -0.262 e. The molecule has 0 aliphatic heterocycles. The van der Waals surface area contributed by atoms with Gasteiger partial charge in [-0.1, -0.05) is 0 Å². The van der Waals surface area contributed by atoms with E-state index in [0.717, 1.165) is 11.6 Å². The number of aromatic nitrogens is 3. The Hall–Kier alpha value is -1.16. The SMILES string of the molecule is c1c(-c2n[nH]c(C3CC3)n2)sc2c1CCCC2. The van der Waals surface area contributed by atoms with E-state index in [4.69, 9.17) is 0 Å². The predicted octanol–water partition coefficient (Wildman–Crippen LogP) is 3.29. The summed E-state index contributed by atoms with van der Waals surface area (Å²) in [5, 5.41) is 7.46. The van der Waals surface area contributed by atoms with E-state index in [1.165, 1.54) is 49.0 Å². The van der Waals surface area contributed by atoms with E-state index in [0.29, 0.717) is 5.92 Å². The second-order valence-electron chi connectivity index (χ2n) is 5.08. The summed E-state index contributed by atoms with van der Waals surface area (Å²) in [6, 6.07) is 2.30. The molecule has 2 aromatic heterocycles. The summed E-state index contributed by atoms with van der Waals surface area (Å²) < 4.78 is 0. The van der Waals surface area contributed by atoms with Crippen LogP contribution in [0.15, 0.2) is 6.07 Å². The van der Waals surface area contributed by atoms with Gasteiger partial charge in [0.05, 0.1) is 4.88 Å². The highest BCUT2D eigenvalue weighted by molar-refractivity contribution is 7.15. The summed E-state index contributed by atoms with van der Waals surface area (Å²) in [6.07, 6.45) is 7.72. The summed E-state index contributed by atoms with van der Waals surface area (Å²) in [5.41, 5.74) is 1.54. The number of aromatic amines is 1. The molecule has 88 valence electrons. The van der Waals surface area contributed by atoms with E-state index >= 15 is 0 Å². The van der Waals surface area contributed by atoms with E-state index in [9.17, 15) is 0 Å². The van der Waals surface area contributed by atoms with Gasteiger partial charge in [-0.2, -0.15) is 5.10 Å². The molecule has 2 aliphatic rings. The lowest BCUT2D eigenvalue weighted by molar-refractivity contribution is 0.697. The van der Waals surface area contributed by atoms with Gasteiger partial charge in [-0.25, -0.2) is 4.98 Å². The van der Waals surface area contributed by atoms with Crippen LogP contribution >= 0.6 is 11.3 Å². The van der Waals surface area contributed by atoms with Crippen molar-refractivity contribution < 1.29 is 0 Å². The van der Waals surface area contributed by atoms with E-state index in [-0.39, 0.29) is 0 Å². The molecule has 0 saturated heterocycles. The van der Waals surface area contributed by atoms with Crippen molar-refractivity contribution in [1.82, 2.24) is 15.2 Å². The Morgan fingerprint density at radius 2 is 2.12 bits per heavy atom. The van der Waals surface area contributed by atoms with Crippen molar-refractivity contribution in [1.29, 1.82) is 0 Å². The molecule has 17 heavy (non-hydrogen) atoms. The lowest BCUT2D eigenvalue weighted by Gasteiger charge is -2.08. The number of rotatable bonds is 2. The van der Waals surface area contributed by atoms with Crippen LogP contribution < -0.4 is 0 Å². The highest BCUT2D eigenvalue weighted by Crippen LogP contribution is 2.39. The lowest BCUT2D eigenvalue weighted by atomic mass is 9.99. The van der Waals surface area contributed by atoms with Crippen LogP contribution in [-0.4, -0.2) is 15.2 Å². The Morgan fingerprint density at radius 1 is 1.24 bits per heavy atom. The molecule has 0 radical (unpaired) electrons. The minimum absolute atomic E-state index is 0.658. The van der Waals surface area contributed by atoms with E-state index in [2.05, 4.69) is 21.2 Å². The normalized spacial score (nSPS) is 19.3. The first-order valence-electron chi connectivity index (χ1n) is 6.44. The number of hydrogen-bond acceptors (Lipinski definition) is 3. The Morgan fingerprint density at radius 3 is 2.94 bits per heavy atom. The summed E-state index contributed by atoms with van der Waals surface area (Å²) in [5.74, 6) is 2.66. The van der Waals surface area contributed by atoms with Gasteiger partial charge in [0, 0.05) is 10.8 Å². The first-order chi connectivity index (χ1) is 8.40. The third-order valence-corrected chi connectivity index (χ3v) is 4.92. The van der Waals surface area contributed by atoms with Crippen LogP contribution in [0.5, 0.6) is 0 Å². The highest BCUT2D eigenvalue weighted by Gasteiger charge is 2.27. The zero-order chi connectivity index (χ0) is 11.2. The Labute approximate surface area is 104 Å². The van der Waals surface area contributed by atoms with Crippen LogP contribution in [0.3, 0.4) is 0 Å². The summed E-state index contributed by atoms with van der Waals surface area (Å²) in [6.45, 7) is 0. The van der Waals surface area contributed by atoms with Crippen molar-refractivity contribution in [3.63, 3.8) is 0 Å². The second kappa shape index (κ2) is 3.67. The number of hydrogen-bond donors (Lipinski definition) is 1. The molecule has 4 heteroatoms. The van der Waals surface area contributed by atoms with Crippen LogP contribution in [0.25, 0.3) is 10.7 Å². The third kappa shape index (κ3) is 1.71. The standard InChI is InChI=1S/C13H15N3S/c1-2-4-10-9(3-1)7-11(17-10)13-14-12(15-16-13)8-5-6-8/h7-8H,1-6H2,(H,14,15,16). The second-order valence-corrected chi connectivity index (χ2v) is 6.22. The van der Waals surface area contributed by atoms with Gasteiger partial charge in [0.15, 0.2) is 5.82 Å². The van der Waals surface area contributed by atoms with E-state index in [1.54, 1.807) is 4.88 Å². The molecule has 0 atom stereocenters. The Kier molecular flexibility index (Phi) is 2.12. The Bertz CT molecular complexity index is 527. The zero-order valence-corrected chi connectivity index (χ0v) is 10.5. The molecule has 2 aromatic rings. The number of H-pyrrole nitrogens is 1. The van der Waals surface area contributed by atoms with Gasteiger partial charge >= 0.3 is 0 Å². The van der Waals surface area contributed by atoms with Gasteiger partial charge in [0.2, 0.25) is 0 Å². The van der Waals surface area contributed by atoms with Crippen molar-refractivity contribution in [3.05, 3.63) is 22.3 Å². The molecule has 0 spiro atoms. The van der Waals surface area contributed by atoms with Crippen LogP contribution in [0, 0.1) is 0 Å². The van der Waals surface area contributed by atoms with Crippen LogP contribution in [0.1, 0.15) is 47.9 Å². The summed E-state index contributed by atoms with van der Waals surface area (Å²) >= 11 is 1.89. The maximum atomic E-state index is 4.63. The molecule has 1 fully saturated rings. The summed E-state index contributed by atoms with van der Waals surface area (Å²) in [4.78, 5) is 7.44. The number of fused-ring (bicyclic) bond motifs is 1. The van der Waals surface area contributed by atoms with Crippen molar-refractivity contribution in [2.24, 2.45) is 0 Å². The van der Waals surface area contributed by atoms with Gasteiger partial charge in [-0.15, -0.1) is 11.3 Å². The first kappa shape index (κ1) is 9.83. The zero-order valence-electron chi connectivity index (χ0n) is 9.70. The molecule has 0 amide bonds. The largest absolute Gasteiger partial charge is 0.262 e. The smallest absolute Gasteiger partial charge is 0.191 e. The molecule has 4 rings (SSSR count). The summed E-state index contributed by atoms with van der Waals surface area (Å²) in [7, 11) is 0. The molecule has 2 heterocycles. The number of nitrogens with one attached hydrogen (secondary N) is 1. The molecule has 0 bridgehead atoms. The average Bonchev–Trinajstić information content (AvgIpc) is 2.94. The van der Waals surface area contributed by atoms with Crippen molar-refractivity contribution in [3.8, 4) is 10.7 Å². The molecule has 0 aromatic carbocycles. The molecule has 1 N–H and O–H groups in total. The number of thiophene rings is 1. The fourth-order valence-corrected chi connectivity index (χ4v) is 3.71. The van der Waals surface area contributed by atoms with E-state index < -0.39 is 0 Å². The molecule has 1 saturated carbocycles. The van der Waals surface area contributed by atoms with Gasteiger partial charge in [-0.05, 0) is 50.2 Å². The molecule has 0 unspecified atom stereocenters. The quantitative estimate of drug-likeness (QED) is 0.882. The molecule has 3 nitrogen and oxygen atoms in total. The molecule has 2 aliphatic carbocycles. The van der Waals surface area contributed by atoms with Crippen molar-refractivity contribution in [2.45, 2.75) is 44.4 Å². The van der Waals surface area contributed by atoms with Crippen molar-refractivity contribution >= 4 is 11.3 Å². The highest BCUT2D eigenvalue weighted by atomic mass is 32.1. The fourth-order valence-electron chi connectivity index (χ4n) is 2.52. The first-order valence-corrected chi connectivity index (χ1v) is 7.26. The number of nitrogens with zero attached hydrogens (tertiary/aromatic N) is 2. The lowest BCUT2D eigenvalue weighted by Crippen LogP contribution is -1.96. The van der Waals surface area contributed by atoms with E-state index in [1.807, 2.05) is 11.3 Å². The van der Waals surface area contributed by atoms with Gasteiger partial charge in [-0.3, -0.25) is 5.10 Å². The van der Waals surface area contributed by atoms with Crippen LogP contribution in [0.4, 0.5) is 0 Å². The van der Waals surface area contributed by atoms with Gasteiger partial charge < -0.3 is 0 Å². The van der Waals surface area contributed by atoms with Gasteiger partial charge in [0.25, 0.3) is 0 Å².